The van der Waals surface area contributed by atoms with Crippen molar-refractivity contribution < 1.29 is 9.47 Å². The van der Waals surface area contributed by atoms with Gasteiger partial charge in [-0.2, -0.15) is 0 Å². The molecule has 1 fully saturated rings. The second-order valence-corrected chi connectivity index (χ2v) is 4.85. The second kappa shape index (κ2) is 4.96. The molecule has 1 atom stereocenters. The SMILES string of the molecule is COc1cc(C)c(C(N)CC2CC2)cc1OC. The minimum absolute atomic E-state index is 0.113. The van der Waals surface area contributed by atoms with Crippen LogP contribution in [0.15, 0.2) is 12.1 Å². The number of hydrogen-bond donors (Lipinski definition) is 1. The quantitative estimate of drug-likeness (QED) is 0.853. The highest BCUT2D eigenvalue weighted by atomic mass is 16.5. The van der Waals surface area contributed by atoms with Crippen LogP contribution in [-0.4, -0.2) is 14.2 Å². The first-order chi connectivity index (χ1) is 8.15. The summed E-state index contributed by atoms with van der Waals surface area (Å²) in [4.78, 5) is 0. The lowest BCUT2D eigenvalue weighted by atomic mass is 9.97. The standard InChI is InChI=1S/C14H21NO2/c1-9-6-13(16-2)14(17-3)8-11(9)12(15)7-10-4-5-10/h6,8,10,12H,4-5,7,15H2,1-3H3. The molecule has 0 radical (unpaired) electrons. The Bertz CT molecular complexity index is 399. The van der Waals surface area contributed by atoms with E-state index in [1.807, 2.05) is 12.1 Å². The Morgan fingerprint density at radius 2 is 1.82 bits per heavy atom. The molecule has 1 aliphatic carbocycles. The molecule has 1 saturated carbocycles. The topological polar surface area (TPSA) is 44.5 Å². The van der Waals surface area contributed by atoms with Gasteiger partial charge in [0, 0.05) is 6.04 Å². The van der Waals surface area contributed by atoms with Crippen molar-refractivity contribution in [3.8, 4) is 11.5 Å². The summed E-state index contributed by atoms with van der Waals surface area (Å²) in [7, 11) is 3.31. The van der Waals surface area contributed by atoms with Crippen LogP contribution < -0.4 is 15.2 Å². The molecule has 2 rings (SSSR count). The molecule has 0 heterocycles. The van der Waals surface area contributed by atoms with Gasteiger partial charge in [0.05, 0.1) is 14.2 Å². The van der Waals surface area contributed by atoms with Crippen molar-refractivity contribution in [3.05, 3.63) is 23.3 Å². The predicted octanol–water partition coefficient (Wildman–Crippen LogP) is 2.81. The Kier molecular flexibility index (Phi) is 3.57. The monoisotopic (exact) mass is 235 g/mol. The summed E-state index contributed by atoms with van der Waals surface area (Å²) >= 11 is 0. The maximum Gasteiger partial charge on any atom is 0.161 e. The molecule has 0 amide bonds. The highest BCUT2D eigenvalue weighted by Gasteiger charge is 2.25. The Morgan fingerprint density at radius 3 is 2.35 bits per heavy atom. The lowest BCUT2D eigenvalue weighted by molar-refractivity contribution is 0.353. The van der Waals surface area contributed by atoms with Crippen LogP contribution in [0.5, 0.6) is 11.5 Å². The van der Waals surface area contributed by atoms with Crippen molar-refractivity contribution in [3.63, 3.8) is 0 Å². The molecule has 1 aliphatic rings. The number of benzene rings is 1. The van der Waals surface area contributed by atoms with Crippen LogP contribution in [0.3, 0.4) is 0 Å². The van der Waals surface area contributed by atoms with Gasteiger partial charge in [-0.3, -0.25) is 0 Å². The molecule has 3 nitrogen and oxygen atoms in total. The van der Waals surface area contributed by atoms with E-state index in [9.17, 15) is 0 Å². The van der Waals surface area contributed by atoms with Crippen LogP contribution in [0.25, 0.3) is 0 Å². The first-order valence-corrected chi connectivity index (χ1v) is 6.13. The third-order valence-electron chi connectivity index (χ3n) is 3.46. The summed E-state index contributed by atoms with van der Waals surface area (Å²) in [6.45, 7) is 2.07. The second-order valence-electron chi connectivity index (χ2n) is 4.85. The molecule has 0 bridgehead atoms. The Balaban J connectivity index is 2.25. The van der Waals surface area contributed by atoms with Crippen LogP contribution in [0.2, 0.25) is 0 Å². The molecule has 0 saturated heterocycles. The van der Waals surface area contributed by atoms with Crippen LogP contribution in [-0.2, 0) is 0 Å². The third-order valence-corrected chi connectivity index (χ3v) is 3.46. The molecule has 17 heavy (non-hydrogen) atoms. The maximum absolute atomic E-state index is 6.26. The number of methoxy groups -OCH3 is 2. The predicted molar refractivity (Wildman–Crippen MR) is 68.6 cm³/mol. The molecule has 1 aromatic rings. The van der Waals surface area contributed by atoms with Gasteiger partial charge in [-0.15, -0.1) is 0 Å². The van der Waals surface area contributed by atoms with Crippen LogP contribution in [0.1, 0.15) is 36.4 Å². The van der Waals surface area contributed by atoms with Crippen molar-refractivity contribution in [1.82, 2.24) is 0 Å². The lowest BCUT2D eigenvalue weighted by Crippen LogP contribution is -2.13. The van der Waals surface area contributed by atoms with Gasteiger partial charge in [0.1, 0.15) is 0 Å². The average Bonchev–Trinajstić information content (AvgIpc) is 3.12. The first kappa shape index (κ1) is 12.2. The largest absolute Gasteiger partial charge is 0.493 e. The highest BCUT2D eigenvalue weighted by Crippen LogP contribution is 2.39. The van der Waals surface area contributed by atoms with E-state index < -0.39 is 0 Å². The number of nitrogens with two attached hydrogens (primary N) is 1. The van der Waals surface area contributed by atoms with Gasteiger partial charge in [-0.25, -0.2) is 0 Å². The Morgan fingerprint density at radius 1 is 1.24 bits per heavy atom. The van der Waals surface area contributed by atoms with E-state index in [-0.39, 0.29) is 6.04 Å². The molecule has 0 aliphatic heterocycles. The zero-order chi connectivity index (χ0) is 12.4. The van der Waals surface area contributed by atoms with Gasteiger partial charge < -0.3 is 15.2 Å². The fourth-order valence-electron chi connectivity index (χ4n) is 2.24. The summed E-state index contributed by atoms with van der Waals surface area (Å²) in [6.07, 6.45) is 3.75. The van der Waals surface area contributed by atoms with E-state index in [0.717, 1.165) is 23.8 Å². The fraction of sp³-hybridized carbons (Fsp3) is 0.571. The molecule has 0 spiro atoms. The Hall–Kier alpha value is -1.22. The molecule has 3 heteroatoms. The van der Waals surface area contributed by atoms with Gasteiger partial charge in [-0.1, -0.05) is 12.8 Å². The summed E-state index contributed by atoms with van der Waals surface area (Å²) in [5, 5.41) is 0. The Labute approximate surface area is 103 Å². The van der Waals surface area contributed by atoms with Crippen molar-refractivity contribution in [2.75, 3.05) is 14.2 Å². The third kappa shape index (κ3) is 2.72. The maximum atomic E-state index is 6.26. The molecule has 0 aromatic heterocycles. The summed E-state index contributed by atoms with van der Waals surface area (Å²) < 4.78 is 10.6. The van der Waals surface area contributed by atoms with E-state index in [0.29, 0.717) is 0 Å². The van der Waals surface area contributed by atoms with Gasteiger partial charge >= 0.3 is 0 Å². The normalized spacial score (nSPS) is 16.7. The molecular formula is C14H21NO2. The van der Waals surface area contributed by atoms with Gasteiger partial charge in [0.15, 0.2) is 11.5 Å². The summed E-state index contributed by atoms with van der Waals surface area (Å²) in [5.41, 5.74) is 8.61. The number of aryl methyl sites for hydroxylation is 1. The number of hydrogen-bond acceptors (Lipinski definition) is 3. The van der Waals surface area contributed by atoms with Crippen molar-refractivity contribution in [2.45, 2.75) is 32.2 Å². The fourth-order valence-corrected chi connectivity index (χ4v) is 2.24. The van der Waals surface area contributed by atoms with E-state index in [2.05, 4.69) is 6.92 Å². The van der Waals surface area contributed by atoms with Crippen molar-refractivity contribution in [2.24, 2.45) is 11.7 Å². The van der Waals surface area contributed by atoms with Gasteiger partial charge in [-0.05, 0) is 42.5 Å². The zero-order valence-electron chi connectivity index (χ0n) is 10.8. The van der Waals surface area contributed by atoms with Crippen LogP contribution >= 0.6 is 0 Å². The first-order valence-electron chi connectivity index (χ1n) is 6.13. The lowest BCUT2D eigenvalue weighted by Gasteiger charge is -2.17. The zero-order valence-corrected chi connectivity index (χ0v) is 10.8. The smallest absolute Gasteiger partial charge is 0.161 e. The summed E-state index contributed by atoms with van der Waals surface area (Å²) in [6, 6.07) is 4.13. The van der Waals surface area contributed by atoms with E-state index in [1.165, 1.54) is 24.0 Å². The van der Waals surface area contributed by atoms with Crippen molar-refractivity contribution >= 4 is 0 Å². The molecule has 94 valence electrons. The highest BCUT2D eigenvalue weighted by molar-refractivity contribution is 5.48. The number of ether oxygens (including phenoxy) is 2. The minimum atomic E-state index is 0.113. The van der Waals surface area contributed by atoms with Gasteiger partial charge in [0.2, 0.25) is 0 Å². The van der Waals surface area contributed by atoms with Crippen LogP contribution in [0.4, 0.5) is 0 Å². The molecular weight excluding hydrogens is 214 g/mol. The van der Waals surface area contributed by atoms with E-state index in [1.54, 1.807) is 14.2 Å². The van der Waals surface area contributed by atoms with Gasteiger partial charge in [0.25, 0.3) is 0 Å². The van der Waals surface area contributed by atoms with Crippen LogP contribution in [0, 0.1) is 12.8 Å². The molecule has 2 N–H and O–H groups in total. The van der Waals surface area contributed by atoms with E-state index >= 15 is 0 Å². The van der Waals surface area contributed by atoms with E-state index in [4.69, 9.17) is 15.2 Å². The van der Waals surface area contributed by atoms with Crippen molar-refractivity contribution in [1.29, 1.82) is 0 Å². The minimum Gasteiger partial charge on any atom is -0.493 e. The average molecular weight is 235 g/mol. The number of rotatable bonds is 5. The molecule has 1 aromatic carbocycles. The molecule has 1 unspecified atom stereocenters. The summed E-state index contributed by atoms with van der Waals surface area (Å²) in [5.74, 6) is 2.37.